The third-order valence-corrected chi connectivity index (χ3v) is 9.19. The second-order valence-electron chi connectivity index (χ2n) is 11.3. The van der Waals surface area contributed by atoms with Crippen LogP contribution in [-0.2, 0) is 0 Å². The van der Waals surface area contributed by atoms with Gasteiger partial charge in [-0.2, -0.15) is 0 Å². The van der Waals surface area contributed by atoms with Crippen LogP contribution in [0.4, 0.5) is 17.1 Å². The Morgan fingerprint density at radius 1 is 0.553 bits per heavy atom. The molecular formula is C43H31Br2NO. The van der Waals surface area contributed by atoms with Crippen LogP contribution in [0, 0.1) is 0 Å². The number of fused-ring (bicyclic) bond motifs is 4. The second kappa shape index (κ2) is 13.8. The summed E-state index contributed by atoms with van der Waals surface area (Å²) in [6, 6.07) is 50.7. The fourth-order valence-electron chi connectivity index (χ4n) is 5.98. The van der Waals surface area contributed by atoms with Crippen LogP contribution >= 0.6 is 31.9 Å². The first-order valence-electron chi connectivity index (χ1n) is 15.4. The first kappa shape index (κ1) is 30.7. The number of rotatable bonds is 3. The second-order valence-corrected chi connectivity index (χ2v) is 13.1. The number of hydrogen-bond acceptors (Lipinski definition) is 2. The molecule has 0 saturated heterocycles. The fraction of sp³-hybridized carbons (Fsp3) is 0.0233. The van der Waals surface area contributed by atoms with E-state index in [0.29, 0.717) is 6.61 Å². The van der Waals surface area contributed by atoms with E-state index in [0.717, 1.165) is 76.3 Å². The number of nitrogens with zero attached hydrogens (tertiary/aromatic N) is 1. The summed E-state index contributed by atoms with van der Waals surface area (Å²) < 4.78 is 8.55. The Bertz CT molecular complexity index is 2120. The van der Waals surface area contributed by atoms with Crippen LogP contribution in [0.25, 0.3) is 33.4 Å². The van der Waals surface area contributed by atoms with E-state index in [1.807, 2.05) is 18.2 Å². The molecule has 2 nitrogen and oxygen atoms in total. The van der Waals surface area contributed by atoms with Crippen molar-refractivity contribution in [2.45, 2.75) is 0 Å². The van der Waals surface area contributed by atoms with Gasteiger partial charge in [0.1, 0.15) is 12.4 Å². The van der Waals surface area contributed by atoms with Crippen molar-refractivity contribution in [1.29, 1.82) is 0 Å². The van der Waals surface area contributed by atoms with Crippen molar-refractivity contribution in [2.75, 3.05) is 11.5 Å². The third-order valence-electron chi connectivity index (χ3n) is 8.21. The highest BCUT2D eigenvalue weighted by Gasteiger charge is 2.23. The molecule has 0 aromatic heterocycles. The van der Waals surface area contributed by atoms with E-state index in [2.05, 4.69) is 189 Å². The predicted octanol–water partition coefficient (Wildman–Crippen LogP) is 13.1. The number of allylic oxidation sites excluding steroid dienone is 4. The van der Waals surface area contributed by atoms with Gasteiger partial charge in [-0.05, 0) is 101 Å². The number of hydrogen-bond donors (Lipinski definition) is 0. The summed E-state index contributed by atoms with van der Waals surface area (Å²) in [5.74, 6) is 0.810. The maximum atomic E-state index is 6.58. The summed E-state index contributed by atoms with van der Waals surface area (Å²) in [6.45, 7) is 5.03. The largest absolute Gasteiger partial charge is 0.489 e. The fourth-order valence-corrected chi connectivity index (χ4v) is 6.70. The topological polar surface area (TPSA) is 12.5 Å². The average molecular weight is 738 g/mol. The van der Waals surface area contributed by atoms with Gasteiger partial charge in [0.05, 0.1) is 11.4 Å². The average Bonchev–Trinajstić information content (AvgIpc) is 3.11. The summed E-state index contributed by atoms with van der Waals surface area (Å²) >= 11 is 7.55. The Morgan fingerprint density at radius 3 is 1.83 bits per heavy atom. The molecule has 4 heteroatoms. The molecule has 0 N–H and O–H groups in total. The Morgan fingerprint density at radius 2 is 1.15 bits per heavy atom. The third kappa shape index (κ3) is 6.66. The minimum absolute atomic E-state index is 0.405. The first-order valence-corrected chi connectivity index (χ1v) is 17.0. The minimum atomic E-state index is 0.405. The van der Waals surface area contributed by atoms with Crippen LogP contribution in [-0.4, -0.2) is 6.61 Å². The van der Waals surface area contributed by atoms with E-state index in [4.69, 9.17) is 4.74 Å². The summed E-state index contributed by atoms with van der Waals surface area (Å²) in [5.41, 5.74) is 11.5. The Kier molecular flexibility index (Phi) is 9.05. The van der Waals surface area contributed by atoms with Crippen LogP contribution < -0.4 is 9.64 Å². The summed E-state index contributed by atoms with van der Waals surface area (Å²) in [7, 11) is 0. The van der Waals surface area contributed by atoms with Gasteiger partial charge in [0, 0.05) is 31.3 Å². The number of benzene rings is 6. The van der Waals surface area contributed by atoms with Gasteiger partial charge >= 0.3 is 0 Å². The lowest BCUT2D eigenvalue weighted by Gasteiger charge is -2.30. The smallest absolute Gasteiger partial charge is 0.127 e. The molecule has 0 atom stereocenters. The highest BCUT2D eigenvalue weighted by atomic mass is 79.9. The summed E-state index contributed by atoms with van der Waals surface area (Å²) in [5, 5.41) is 0. The highest BCUT2D eigenvalue weighted by Crippen LogP contribution is 2.47. The Hall–Kier alpha value is -4.90. The van der Waals surface area contributed by atoms with Gasteiger partial charge in [-0.15, -0.1) is 0 Å². The van der Waals surface area contributed by atoms with E-state index >= 15 is 0 Å². The van der Waals surface area contributed by atoms with E-state index < -0.39 is 0 Å². The van der Waals surface area contributed by atoms with E-state index in [-0.39, 0.29) is 0 Å². The van der Waals surface area contributed by atoms with Gasteiger partial charge in [0.25, 0.3) is 0 Å². The molecule has 0 spiro atoms. The SMILES string of the molecule is C=C1/C=C(c2ccccc2)\C=C/COc2ccc(-c3ccccc3)cc2-c2cc(Br)ccc2N(c2ccccc2)c2ccc(Br)cc21. The molecule has 1 aliphatic rings. The van der Waals surface area contributed by atoms with Crippen LogP contribution in [0.5, 0.6) is 5.75 Å². The first-order chi connectivity index (χ1) is 23.0. The standard InChI is InChI=1S/C43H31Br2NO/c1-30-26-33(31-12-5-2-6-13-31)16-11-25-47-43-24-19-34(32-14-7-3-8-15-32)27-40(43)39-29-36(45)21-23-42(39)46(37-17-9-4-10-18-37)41-22-20-35(44)28-38(30)41/h2-24,26-29H,1,25H2/b16-11-,33-26+. The lowest BCUT2D eigenvalue weighted by molar-refractivity contribution is 0.364. The Labute approximate surface area is 293 Å². The molecule has 0 radical (unpaired) electrons. The van der Waals surface area contributed by atoms with Crippen molar-refractivity contribution in [2.24, 2.45) is 0 Å². The number of para-hydroxylation sites is 1. The van der Waals surface area contributed by atoms with Crippen LogP contribution in [0.15, 0.2) is 179 Å². The zero-order valence-corrected chi connectivity index (χ0v) is 28.8. The normalized spacial score (nSPS) is 14.8. The maximum absolute atomic E-state index is 6.58. The lowest BCUT2D eigenvalue weighted by atomic mass is 9.94. The predicted molar refractivity (Wildman–Crippen MR) is 205 cm³/mol. The molecule has 6 aromatic rings. The zero-order chi connectivity index (χ0) is 32.2. The maximum Gasteiger partial charge on any atom is 0.127 e. The Balaban J connectivity index is 1.53. The van der Waals surface area contributed by atoms with Gasteiger partial charge < -0.3 is 9.64 Å². The molecule has 1 heterocycles. The molecule has 6 aromatic carbocycles. The van der Waals surface area contributed by atoms with Crippen LogP contribution in [0.3, 0.4) is 0 Å². The van der Waals surface area contributed by atoms with Crippen molar-refractivity contribution in [3.05, 3.63) is 190 Å². The van der Waals surface area contributed by atoms with E-state index in [9.17, 15) is 0 Å². The molecule has 0 saturated carbocycles. The van der Waals surface area contributed by atoms with Gasteiger partial charge in [-0.1, -0.05) is 129 Å². The molecule has 0 fully saturated rings. The number of anilines is 3. The van der Waals surface area contributed by atoms with E-state index in [1.54, 1.807) is 0 Å². The lowest BCUT2D eigenvalue weighted by Crippen LogP contribution is -2.13. The van der Waals surface area contributed by atoms with Crippen LogP contribution in [0.1, 0.15) is 11.1 Å². The quantitative estimate of drug-likeness (QED) is 0.179. The van der Waals surface area contributed by atoms with Crippen molar-refractivity contribution >= 4 is 60.1 Å². The molecule has 0 aliphatic carbocycles. The van der Waals surface area contributed by atoms with Crippen molar-refractivity contribution in [1.82, 2.24) is 0 Å². The van der Waals surface area contributed by atoms with Gasteiger partial charge in [0.2, 0.25) is 0 Å². The summed E-state index contributed by atoms with van der Waals surface area (Å²) in [4.78, 5) is 2.32. The van der Waals surface area contributed by atoms with Gasteiger partial charge in [0.15, 0.2) is 0 Å². The molecule has 0 unspecified atom stereocenters. The highest BCUT2D eigenvalue weighted by molar-refractivity contribution is 9.10. The molecule has 0 bridgehead atoms. The summed E-state index contributed by atoms with van der Waals surface area (Å²) in [6.07, 6.45) is 6.36. The molecule has 1 aliphatic heterocycles. The van der Waals surface area contributed by atoms with Gasteiger partial charge in [-0.3, -0.25) is 0 Å². The number of halogens is 2. The van der Waals surface area contributed by atoms with E-state index in [1.165, 1.54) is 0 Å². The monoisotopic (exact) mass is 735 g/mol. The molecule has 7 rings (SSSR count). The van der Waals surface area contributed by atoms with Crippen LogP contribution in [0.2, 0.25) is 0 Å². The van der Waals surface area contributed by atoms with Crippen molar-refractivity contribution in [3.8, 4) is 28.0 Å². The molecule has 228 valence electrons. The van der Waals surface area contributed by atoms with Crippen molar-refractivity contribution < 1.29 is 4.74 Å². The molecule has 0 amide bonds. The molecule has 47 heavy (non-hydrogen) atoms. The minimum Gasteiger partial charge on any atom is -0.489 e. The molecular weight excluding hydrogens is 706 g/mol. The zero-order valence-electron chi connectivity index (χ0n) is 25.6. The van der Waals surface area contributed by atoms with Crippen molar-refractivity contribution in [3.63, 3.8) is 0 Å². The van der Waals surface area contributed by atoms with Gasteiger partial charge in [-0.25, -0.2) is 0 Å². The number of ether oxygens (including phenoxy) is 1.